The maximum absolute atomic E-state index is 12.3. The summed E-state index contributed by atoms with van der Waals surface area (Å²) in [6.07, 6.45) is 2.37. The van der Waals surface area contributed by atoms with Gasteiger partial charge in [-0.25, -0.2) is 0 Å². The molecule has 0 saturated heterocycles. The van der Waals surface area contributed by atoms with Gasteiger partial charge in [-0.1, -0.05) is 12.1 Å². The Balaban J connectivity index is 1.91. The Kier molecular flexibility index (Phi) is 4.65. The number of amides is 1. The molecule has 1 saturated carbocycles. The summed E-state index contributed by atoms with van der Waals surface area (Å²) < 4.78 is 5.71. The van der Waals surface area contributed by atoms with E-state index in [-0.39, 0.29) is 18.1 Å². The molecule has 0 radical (unpaired) electrons. The van der Waals surface area contributed by atoms with Gasteiger partial charge in [0.25, 0.3) is 5.91 Å². The Morgan fingerprint density at radius 3 is 2.55 bits per heavy atom. The van der Waals surface area contributed by atoms with Crippen molar-refractivity contribution in [3.63, 3.8) is 0 Å². The van der Waals surface area contributed by atoms with Crippen molar-refractivity contribution in [1.29, 1.82) is 0 Å². The first-order valence-corrected chi connectivity index (χ1v) is 7.20. The van der Waals surface area contributed by atoms with E-state index in [0.29, 0.717) is 6.10 Å². The van der Waals surface area contributed by atoms with Crippen molar-refractivity contribution in [2.45, 2.75) is 44.9 Å². The van der Waals surface area contributed by atoms with Crippen LogP contribution >= 0.6 is 0 Å². The molecule has 1 aromatic carbocycles. The summed E-state index contributed by atoms with van der Waals surface area (Å²) in [5.74, 6) is 0.00213. The number of ether oxygens (including phenoxy) is 1. The molecule has 0 heterocycles. The Bertz CT molecular complexity index is 465. The first-order chi connectivity index (χ1) is 9.47. The van der Waals surface area contributed by atoms with Crippen LogP contribution in [0.4, 0.5) is 5.69 Å². The second-order valence-corrected chi connectivity index (χ2v) is 5.86. The quantitative estimate of drug-likeness (QED) is 0.898. The molecule has 1 aromatic rings. The fraction of sp³-hybridized carbons (Fsp3) is 0.562. The van der Waals surface area contributed by atoms with Crippen molar-refractivity contribution >= 4 is 11.6 Å². The van der Waals surface area contributed by atoms with Crippen molar-refractivity contribution < 1.29 is 9.53 Å². The van der Waals surface area contributed by atoms with Gasteiger partial charge in [0.15, 0.2) is 0 Å². The molecule has 1 fully saturated rings. The molecule has 20 heavy (non-hydrogen) atoms. The van der Waals surface area contributed by atoms with Crippen LogP contribution in [-0.4, -0.2) is 38.3 Å². The van der Waals surface area contributed by atoms with Crippen LogP contribution in [0.3, 0.4) is 0 Å². The third-order valence-corrected chi connectivity index (χ3v) is 3.53. The van der Waals surface area contributed by atoms with Crippen molar-refractivity contribution in [2.75, 3.05) is 19.0 Å². The van der Waals surface area contributed by atoms with Gasteiger partial charge in [-0.2, -0.15) is 0 Å². The Hall–Kier alpha value is -1.55. The largest absolute Gasteiger partial charge is 0.377 e. The molecule has 110 valence electrons. The number of nitrogens with zero attached hydrogens (tertiary/aromatic N) is 1. The average Bonchev–Trinajstić information content (AvgIpc) is 2.35. The molecule has 1 aliphatic carbocycles. The number of hydrogen-bond acceptors (Lipinski definition) is 3. The highest BCUT2D eigenvalue weighted by Gasteiger charge is 2.32. The Morgan fingerprint density at radius 1 is 1.30 bits per heavy atom. The van der Waals surface area contributed by atoms with Crippen LogP contribution in [-0.2, 0) is 4.74 Å². The van der Waals surface area contributed by atoms with Gasteiger partial charge in [0.1, 0.15) is 0 Å². The van der Waals surface area contributed by atoms with Crippen molar-refractivity contribution in [1.82, 2.24) is 5.32 Å². The number of carbonyl (C=O) groups is 1. The van der Waals surface area contributed by atoms with Crippen molar-refractivity contribution in [3.05, 3.63) is 29.8 Å². The summed E-state index contributed by atoms with van der Waals surface area (Å²) in [5.41, 5.74) is 1.67. The van der Waals surface area contributed by atoms with E-state index in [1.165, 1.54) is 0 Å². The Labute approximate surface area is 121 Å². The summed E-state index contributed by atoms with van der Waals surface area (Å²) >= 11 is 0. The second-order valence-electron chi connectivity index (χ2n) is 5.86. The molecule has 0 spiro atoms. The Morgan fingerprint density at radius 2 is 1.95 bits per heavy atom. The van der Waals surface area contributed by atoms with Gasteiger partial charge in [-0.05, 0) is 38.8 Å². The van der Waals surface area contributed by atoms with E-state index in [1.54, 1.807) is 0 Å². The maximum atomic E-state index is 12.3. The lowest BCUT2D eigenvalue weighted by Crippen LogP contribution is -2.48. The minimum Gasteiger partial charge on any atom is -0.377 e. The van der Waals surface area contributed by atoms with Crippen LogP contribution in [0.5, 0.6) is 0 Å². The van der Waals surface area contributed by atoms with Gasteiger partial charge in [0, 0.05) is 25.8 Å². The molecule has 4 nitrogen and oxygen atoms in total. The predicted molar refractivity (Wildman–Crippen MR) is 81.3 cm³/mol. The lowest BCUT2D eigenvalue weighted by Gasteiger charge is -2.36. The zero-order valence-electron chi connectivity index (χ0n) is 12.7. The normalized spacial score (nSPS) is 21.4. The fourth-order valence-electron chi connectivity index (χ4n) is 2.50. The number of nitrogens with one attached hydrogen (secondary N) is 1. The molecule has 1 amide bonds. The summed E-state index contributed by atoms with van der Waals surface area (Å²) in [5, 5.41) is 3.09. The molecule has 1 N–H and O–H groups in total. The van der Waals surface area contributed by atoms with Gasteiger partial charge < -0.3 is 15.0 Å². The SMILES string of the molecule is CC(C)OC1CC(NC(=O)c2ccccc2N(C)C)C1. The van der Waals surface area contributed by atoms with Crippen LogP contribution in [0.15, 0.2) is 24.3 Å². The first kappa shape index (κ1) is 14.9. The number of benzene rings is 1. The standard InChI is InChI=1S/C16H24N2O2/c1-11(2)20-13-9-12(10-13)17-16(19)14-7-5-6-8-15(14)18(3)4/h5-8,11-13H,9-10H2,1-4H3,(H,17,19). The number of hydrogen-bond donors (Lipinski definition) is 1. The molecule has 1 aliphatic rings. The molecule has 0 atom stereocenters. The van der Waals surface area contributed by atoms with Gasteiger partial charge in [0.2, 0.25) is 0 Å². The van der Waals surface area contributed by atoms with E-state index in [0.717, 1.165) is 24.1 Å². The summed E-state index contributed by atoms with van der Waals surface area (Å²) in [7, 11) is 3.89. The maximum Gasteiger partial charge on any atom is 0.253 e. The smallest absolute Gasteiger partial charge is 0.253 e. The summed E-state index contributed by atoms with van der Waals surface area (Å²) in [6.45, 7) is 4.08. The third kappa shape index (κ3) is 3.51. The highest BCUT2D eigenvalue weighted by molar-refractivity contribution is 5.99. The molecule has 2 rings (SSSR count). The van der Waals surface area contributed by atoms with E-state index in [2.05, 4.69) is 5.32 Å². The lowest BCUT2D eigenvalue weighted by molar-refractivity contribution is -0.0482. The fourth-order valence-corrected chi connectivity index (χ4v) is 2.50. The topological polar surface area (TPSA) is 41.6 Å². The number of carbonyl (C=O) groups excluding carboxylic acids is 1. The van der Waals surface area contributed by atoms with Gasteiger partial charge in [-0.3, -0.25) is 4.79 Å². The first-order valence-electron chi connectivity index (χ1n) is 7.20. The zero-order chi connectivity index (χ0) is 14.7. The van der Waals surface area contributed by atoms with Crippen LogP contribution in [0.2, 0.25) is 0 Å². The highest BCUT2D eigenvalue weighted by Crippen LogP contribution is 2.26. The molecule has 0 aliphatic heterocycles. The summed E-state index contributed by atoms with van der Waals surface area (Å²) in [6, 6.07) is 7.91. The van der Waals surface area contributed by atoms with E-state index < -0.39 is 0 Å². The number of rotatable bonds is 5. The number of anilines is 1. The van der Waals surface area contributed by atoms with Crippen LogP contribution < -0.4 is 10.2 Å². The van der Waals surface area contributed by atoms with E-state index >= 15 is 0 Å². The molecule has 0 unspecified atom stereocenters. The monoisotopic (exact) mass is 276 g/mol. The van der Waals surface area contributed by atoms with E-state index in [4.69, 9.17) is 4.74 Å². The molecular formula is C16H24N2O2. The average molecular weight is 276 g/mol. The lowest BCUT2D eigenvalue weighted by atomic mass is 9.88. The van der Waals surface area contributed by atoms with Gasteiger partial charge in [0.05, 0.1) is 17.8 Å². The second kappa shape index (κ2) is 6.27. The van der Waals surface area contributed by atoms with Crippen molar-refractivity contribution in [3.8, 4) is 0 Å². The van der Waals surface area contributed by atoms with Crippen LogP contribution in [0.1, 0.15) is 37.0 Å². The summed E-state index contributed by atoms with van der Waals surface area (Å²) in [4.78, 5) is 14.3. The van der Waals surface area contributed by atoms with E-state index in [1.807, 2.05) is 57.1 Å². The molecule has 4 heteroatoms. The van der Waals surface area contributed by atoms with Crippen LogP contribution in [0.25, 0.3) is 0 Å². The predicted octanol–water partition coefficient (Wildman–Crippen LogP) is 2.44. The van der Waals surface area contributed by atoms with Gasteiger partial charge >= 0.3 is 0 Å². The molecule has 0 bridgehead atoms. The minimum absolute atomic E-state index is 0.00213. The third-order valence-electron chi connectivity index (χ3n) is 3.53. The van der Waals surface area contributed by atoms with Crippen LogP contribution in [0, 0.1) is 0 Å². The number of para-hydroxylation sites is 1. The zero-order valence-corrected chi connectivity index (χ0v) is 12.7. The molecular weight excluding hydrogens is 252 g/mol. The molecule has 0 aromatic heterocycles. The van der Waals surface area contributed by atoms with E-state index in [9.17, 15) is 4.79 Å². The minimum atomic E-state index is 0.00213. The van der Waals surface area contributed by atoms with Gasteiger partial charge in [-0.15, -0.1) is 0 Å². The highest BCUT2D eigenvalue weighted by atomic mass is 16.5. The van der Waals surface area contributed by atoms with Crippen molar-refractivity contribution in [2.24, 2.45) is 0 Å².